The number of benzene rings is 1. The van der Waals surface area contributed by atoms with Crippen molar-refractivity contribution in [3.05, 3.63) is 47.3 Å². The molecule has 0 saturated carbocycles. The summed E-state index contributed by atoms with van der Waals surface area (Å²) in [5.41, 5.74) is 1.32. The van der Waals surface area contributed by atoms with E-state index in [0.29, 0.717) is 44.1 Å². The van der Waals surface area contributed by atoms with E-state index in [1.54, 1.807) is 17.9 Å². The molecule has 1 aromatic carbocycles. The highest BCUT2D eigenvalue weighted by Gasteiger charge is 2.24. The molecule has 2 heterocycles. The number of nitrogens with zero attached hydrogens (tertiary/aromatic N) is 3. The van der Waals surface area contributed by atoms with Crippen LogP contribution in [0.4, 0.5) is 0 Å². The third kappa shape index (κ3) is 6.05. The number of aromatic nitrogens is 1. The molecule has 8 heteroatoms. The standard InChI is InChI=1S/C21H28N4O4/c1-3-28-18-6-4-17(5-7-18)15-20(26)22-8-9-24-10-12-25(13-11-24)21(27)19-14-16(2)29-23-19/h4-7,14H,3,8-13,15H2,1-2H3,(H,22,26). The van der Waals surface area contributed by atoms with Gasteiger partial charge in [-0.1, -0.05) is 17.3 Å². The largest absolute Gasteiger partial charge is 0.494 e. The average molecular weight is 400 g/mol. The number of hydrogen-bond donors (Lipinski definition) is 1. The SMILES string of the molecule is CCOc1ccc(CC(=O)NCCN2CCN(C(=O)c3cc(C)on3)CC2)cc1. The fourth-order valence-electron chi connectivity index (χ4n) is 3.28. The summed E-state index contributed by atoms with van der Waals surface area (Å²) in [4.78, 5) is 28.5. The van der Waals surface area contributed by atoms with Gasteiger partial charge in [-0.25, -0.2) is 0 Å². The molecule has 0 radical (unpaired) electrons. The Hall–Kier alpha value is -2.87. The zero-order chi connectivity index (χ0) is 20.6. The summed E-state index contributed by atoms with van der Waals surface area (Å²) >= 11 is 0. The van der Waals surface area contributed by atoms with Crippen molar-refractivity contribution in [1.29, 1.82) is 0 Å². The van der Waals surface area contributed by atoms with E-state index >= 15 is 0 Å². The third-order valence-corrected chi connectivity index (χ3v) is 4.86. The second kappa shape index (κ2) is 10.1. The van der Waals surface area contributed by atoms with Crippen molar-refractivity contribution >= 4 is 11.8 Å². The number of nitrogens with one attached hydrogen (secondary N) is 1. The van der Waals surface area contributed by atoms with E-state index in [9.17, 15) is 9.59 Å². The zero-order valence-electron chi connectivity index (χ0n) is 17.0. The monoisotopic (exact) mass is 400 g/mol. The van der Waals surface area contributed by atoms with Crippen LogP contribution in [0.15, 0.2) is 34.9 Å². The minimum atomic E-state index is -0.0924. The van der Waals surface area contributed by atoms with Crippen LogP contribution in [0.2, 0.25) is 0 Å². The molecule has 1 fully saturated rings. The number of rotatable bonds is 8. The van der Waals surface area contributed by atoms with Crippen LogP contribution in [0.1, 0.15) is 28.7 Å². The Kier molecular flexibility index (Phi) is 7.24. The van der Waals surface area contributed by atoms with E-state index < -0.39 is 0 Å². The van der Waals surface area contributed by atoms with Crippen molar-refractivity contribution in [2.45, 2.75) is 20.3 Å². The number of aryl methyl sites for hydroxylation is 1. The molecule has 29 heavy (non-hydrogen) atoms. The second-order valence-electron chi connectivity index (χ2n) is 7.06. The summed E-state index contributed by atoms with van der Waals surface area (Å²) in [6.45, 7) is 8.53. The Morgan fingerprint density at radius 1 is 1.17 bits per heavy atom. The lowest BCUT2D eigenvalue weighted by Crippen LogP contribution is -2.50. The number of hydrogen-bond acceptors (Lipinski definition) is 6. The van der Waals surface area contributed by atoms with Crippen LogP contribution in [-0.4, -0.2) is 72.6 Å². The molecule has 1 saturated heterocycles. The first-order valence-electron chi connectivity index (χ1n) is 9.98. The lowest BCUT2D eigenvalue weighted by Gasteiger charge is -2.34. The van der Waals surface area contributed by atoms with Gasteiger partial charge in [0.05, 0.1) is 13.0 Å². The summed E-state index contributed by atoms with van der Waals surface area (Å²) < 4.78 is 10.4. The minimum absolute atomic E-state index is 0.00405. The number of carbonyl (C=O) groups excluding carboxylic acids is 2. The number of carbonyl (C=O) groups is 2. The average Bonchev–Trinajstić information content (AvgIpc) is 3.16. The Morgan fingerprint density at radius 2 is 1.90 bits per heavy atom. The quantitative estimate of drug-likeness (QED) is 0.723. The summed E-state index contributed by atoms with van der Waals surface area (Å²) in [7, 11) is 0. The van der Waals surface area contributed by atoms with Crippen LogP contribution >= 0.6 is 0 Å². The van der Waals surface area contributed by atoms with Crippen LogP contribution in [0.25, 0.3) is 0 Å². The predicted molar refractivity (Wildman–Crippen MR) is 108 cm³/mol. The van der Waals surface area contributed by atoms with E-state index in [1.807, 2.05) is 31.2 Å². The van der Waals surface area contributed by atoms with Gasteiger partial charge in [-0.3, -0.25) is 14.5 Å². The van der Waals surface area contributed by atoms with Crippen LogP contribution < -0.4 is 10.1 Å². The van der Waals surface area contributed by atoms with E-state index in [1.165, 1.54) is 0 Å². The Morgan fingerprint density at radius 3 is 2.52 bits per heavy atom. The lowest BCUT2D eigenvalue weighted by molar-refractivity contribution is -0.120. The number of piperazine rings is 1. The van der Waals surface area contributed by atoms with Crippen molar-refractivity contribution < 1.29 is 18.8 Å². The normalized spacial score (nSPS) is 14.6. The van der Waals surface area contributed by atoms with Crippen molar-refractivity contribution in [2.75, 3.05) is 45.9 Å². The molecule has 1 aliphatic heterocycles. The topological polar surface area (TPSA) is 87.9 Å². The molecular formula is C21H28N4O4. The molecule has 0 bridgehead atoms. The molecule has 1 N–H and O–H groups in total. The molecule has 3 rings (SSSR count). The smallest absolute Gasteiger partial charge is 0.276 e. The van der Waals surface area contributed by atoms with Gasteiger partial charge in [0.1, 0.15) is 11.5 Å². The van der Waals surface area contributed by atoms with E-state index in [0.717, 1.165) is 30.9 Å². The first kappa shape index (κ1) is 20.9. The predicted octanol–water partition coefficient (Wildman–Crippen LogP) is 1.50. The van der Waals surface area contributed by atoms with Crippen LogP contribution in [0.5, 0.6) is 5.75 Å². The summed E-state index contributed by atoms with van der Waals surface area (Å²) in [5, 5.41) is 6.76. The van der Waals surface area contributed by atoms with E-state index in [4.69, 9.17) is 9.26 Å². The molecule has 1 aliphatic rings. The third-order valence-electron chi connectivity index (χ3n) is 4.86. The molecular weight excluding hydrogens is 372 g/mol. The number of ether oxygens (including phenoxy) is 1. The van der Waals surface area contributed by atoms with Crippen molar-refractivity contribution in [3.63, 3.8) is 0 Å². The highest BCUT2D eigenvalue weighted by atomic mass is 16.5. The van der Waals surface area contributed by atoms with Gasteiger partial charge in [-0.05, 0) is 31.5 Å². The van der Waals surface area contributed by atoms with Gasteiger partial charge in [-0.15, -0.1) is 0 Å². The maximum Gasteiger partial charge on any atom is 0.276 e. The molecule has 2 aromatic rings. The van der Waals surface area contributed by atoms with Gasteiger partial charge in [0, 0.05) is 45.3 Å². The summed E-state index contributed by atoms with van der Waals surface area (Å²) in [6, 6.07) is 9.25. The first-order chi connectivity index (χ1) is 14.0. The van der Waals surface area contributed by atoms with Crippen LogP contribution in [-0.2, 0) is 11.2 Å². The van der Waals surface area contributed by atoms with Crippen LogP contribution in [0.3, 0.4) is 0 Å². The molecule has 0 spiro atoms. The Labute approximate surface area is 170 Å². The van der Waals surface area contributed by atoms with E-state index in [-0.39, 0.29) is 11.8 Å². The van der Waals surface area contributed by atoms with Gasteiger partial charge in [0.25, 0.3) is 5.91 Å². The Balaban J connectivity index is 1.34. The number of amides is 2. The summed E-state index contributed by atoms with van der Waals surface area (Å²) in [5.74, 6) is 1.36. The maximum atomic E-state index is 12.4. The van der Waals surface area contributed by atoms with Gasteiger partial charge >= 0.3 is 0 Å². The molecule has 0 unspecified atom stereocenters. The molecule has 8 nitrogen and oxygen atoms in total. The van der Waals surface area contributed by atoms with Crippen molar-refractivity contribution in [2.24, 2.45) is 0 Å². The fourth-order valence-corrected chi connectivity index (χ4v) is 3.28. The zero-order valence-corrected chi connectivity index (χ0v) is 17.0. The lowest BCUT2D eigenvalue weighted by atomic mass is 10.1. The molecule has 156 valence electrons. The molecule has 0 atom stereocenters. The molecule has 0 aliphatic carbocycles. The highest BCUT2D eigenvalue weighted by Crippen LogP contribution is 2.12. The molecule has 2 amide bonds. The first-order valence-corrected chi connectivity index (χ1v) is 9.98. The maximum absolute atomic E-state index is 12.4. The Bertz CT molecular complexity index is 810. The van der Waals surface area contributed by atoms with Gasteiger partial charge in [0.15, 0.2) is 5.69 Å². The van der Waals surface area contributed by atoms with Gasteiger partial charge in [0.2, 0.25) is 5.91 Å². The summed E-state index contributed by atoms with van der Waals surface area (Å²) in [6.07, 6.45) is 0.353. The second-order valence-corrected chi connectivity index (χ2v) is 7.06. The van der Waals surface area contributed by atoms with Crippen molar-refractivity contribution in [3.8, 4) is 5.75 Å². The fraction of sp³-hybridized carbons (Fsp3) is 0.476. The van der Waals surface area contributed by atoms with E-state index in [2.05, 4.69) is 15.4 Å². The van der Waals surface area contributed by atoms with Crippen LogP contribution in [0, 0.1) is 6.92 Å². The minimum Gasteiger partial charge on any atom is -0.494 e. The highest BCUT2D eigenvalue weighted by molar-refractivity contribution is 5.92. The van der Waals surface area contributed by atoms with Gasteiger partial charge in [-0.2, -0.15) is 0 Å². The van der Waals surface area contributed by atoms with Crippen molar-refractivity contribution in [1.82, 2.24) is 20.3 Å². The van der Waals surface area contributed by atoms with Gasteiger partial charge < -0.3 is 19.5 Å². The molecule has 1 aromatic heterocycles.